The molecule has 0 saturated carbocycles. The number of benzene rings is 3. The Balaban J connectivity index is 1.87. The number of alkyl halides is 12. The van der Waals surface area contributed by atoms with E-state index in [4.69, 9.17) is 0 Å². The fourth-order valence-corrected chi connectivity index (χ4v) is 7.89. The standard InChI is InChI=1S/C30H26F12Si2/c1-43(2,25-15-21(27(31,32)33)13-22(16-25)28(34,35)36)11-9-19-5-7-20(8-6-19)10-12-44(3,4)26-17-23(29(37,38)39)14-24(18-26)30(40,41)42/h5-18H,1-4H3/b11-9-,12-10-. The summed E-state index contributed by atoms with van der Waals surface area (Å²) in [4.78, 5) is 0. The fourth-order valence-electron chi connectivity index (χ4n) is 4.17. The zero-order valence-electron chi connectivity index (χ0n) is 23.6. The molecule has 238 valence electrons. The summed E-state index contributed by atoms with van der Waals surface area (Å²) in [5.41, 5.74) is -1.22. The molecule has 0 aliphatic carbocycles. The highest BCUT2D eigenvalue weighted by atomic mass is 28.3. The topological polar surface area (TPSA) is 0 Å². The Morgan fingerprint density at radius 1 is 0.409 bits per heavy atom. The number of hydrogen-bond donors (Lipinski definition) is 0. The van der Waals surface area contributed by atoms with Crippen LogP contribution in [0.2, 0.25) is 26.2 Å². The van der Waals surface area contributed by atoms with Crippen molar-refractivity contribution in [3.63, 3.8) is 0 Å². The van der Waals surface area contributed by atoms with Crippen molar-refractivity contribution in [3.05, 3.63) is 105 Å². The molecule has 0 amide bonds. The van der Waals surface area contributed by atoms with Crippen molar-refractivity contribution in [2.45, 2.75) is 50.9 Å². The van der Waals surface area contributed by atoms with Crippen LogP contribution >= 0.6 is 0 Å². The van der Waals surface area contributed by atoms with Gasteiger partial charge in [-0.25, -0.2) is 0 Å². The molecule has 14 heteroatoms. The highest BCUT2D eigenvalue weighted by molar-refractivity contribution is 6.94. The van der Waals surface area contributed by atoms with E-state index < -0.39 is 63.1 Å². The molecule has 3 rings (SSSR count). The molecule has 0 saturated heterocycles. The molecule has 0 radical (unpaired) electrons. The van der Waals surface area contributed by atoms with Crippen molar-refractivity contribution in [1.29, 1.82) is 0 Å². The average molecular weight is 671 g/mol. The summed E-state index contributed by atoms with van der Waals surface area (Å²) in [5.74, 6) is 0. The lowest BCUT2D eigenvalue weighted by Crippen LogP contribution is -2.41. The summed E-state index contributed by atoms with van der Waals surface area (Å²) < 4.78 is 160. The third-order valence-electron chi connectivity index (χ3n) is 6.98. The summed E-state index contributed by atoms with van der Waals surface area (Å²) >= 11 is 0. The minimum Gasteiger partial charge on any atom is -0.166 e. The number of halogens is 12. The Kier molecular flexibility index (Phi) is 9.54. The van der Waals surface area contributed by atoms with Crippen molar-refractivity contribution >= 4 is 38.7 Å². The minimum atomic E-state index is -4.97. The van der Waals surface area contributed by atoms with Crippen molar-refractivity contribution in [3.8, 4) is 0 Å². The first-order chi connectivity index (χ1) is 19.8. The molecular formula is C30H26F12Si2. The van der Waals surface area contributed by atoms with Gasteiger partial charge in [0.05, 0.1) is 22.3 Å². The third-order valence-corrected chi connectivity index (χ3v) is 12.5. The first-order valence-corrected chi connectivity index (χ1v) is 19.0. The van der Waals surface area contributed by atoms with Crippen LogP contribution < -0.4 is 10.4 Å². The Morgan fingerprint density at radius 3 is 0.841 bits per heavy atom. The van der Waals surface area contributed by atoms with E-state index in [9.17, 15) is 52.7 Å². The van der Waals surface area contributed by atoms with E-state index in [1.165, 1.54) is 0 Å². The first kappa shape index (κ1) is 35.2. The van der Waals surface area contributed by atoms with E-state index >= 15 is 0 Å². The maximum absolute atomic E-state index is 13.3. The zero-order chi connectivity index (χ0) is 33.5. The molecule has 0 aliphatic heterocycles. The van der Waals surface area contributed by atoms with Gasteiger partial charge in [0.25, 0.3) is 0 Å². The summed E-state index contributed by atoms with van der Waals surface area (Å²) in [5, 5.41) is -0.128. The molecule has 3 aromatic rings. The second-order valence-electron chi connectivity index (χ2n) is 11.4. The van der Waals surface area contributed by atoms with Crippen LogP contribution in [0.5, 0.6) is 0 Å². The Bertz CT molecular complexity index is 1360. The van der Waals surface area contributed by atoms with Gasteiger partial charge < -0.3 is 0 Å². The van der Waals surface area contributed by atoms with Gasteiger partial charge in [0.1, 0.15) is 16.1 Å². The van der Waals surface area contributed by atoms with Gasteiger partial charge in [0, 0.05) is 0 Å². The molecule has 3 aromatic carbocycles. The molecule has 0 heterocycles. The zero-order valence-corrected chi connectivity index (χ0v) is 25.6. The second kappa shape index (κ2) is 11.9. The van der Waals surface area contributed by atoms with E-state index in [0.717, 1.165) is 24.3 Å². The monoisotopic (exact) mass is 670 g/mol. The van der Waals surface area contributed by atoms with Crippen molar-refractivity contribution in [1.82, 2.24) is 0 Å². The van der Waals surface area contributed by atoms with Gasteiger partial charge in [-0.1, -0.05) is 109 Å². The van der Waals surface area contributed by atoms with Crippen LogP contribution in [0.1, 0.15) is 33.4 Å². The summed E-state index contributed by atoms with van der Waals surface area (Å²) in [6.07, 6.45) is -16.7. The van der Waals surface area contributed by atoms with Gasteiger partial charge in [0.15, 0.2) is 0 Å². The van der Waals surface area contributed by atoms with E-state index in [0.29, 0.717) is 11.1 Å². The second-order valence-corrected chi connectivity index (χ2v) is 20.1. The Morgan fingerprint density at radius 2 is 0.636 bits per heavy atom. The molecule has 0 fully saturated rings. The van der Waals surface area contributed by atoms with Crippen LogP contribution in [0, 0.1) is 0 Å². The molecule has 0 N–H and O–H groups in total. The Labute approximate surface area is 247 Å². The van der Waals surface area contributed by atoms with Gasteiger partial charge in [-0.2, -0.15) is 52.7 Å². The smallest absolute Gasteiger partial charge is 0.166 e. The molecular weight excluding hydrogens is 644 g/mol. The molecule has 0 bridgehead atoms. The largest absolute Gasteiger partial charge is 0.416 e. The van der Waals surface area contributed by atoms with E-state index in [1.807, 2.05) is 0 Å². The maximum Gasteiger partial charge on any atom is 0.416 e. The predicted molar refractivity (Wildman–Crippen MR) is 152 cm³/mol. The van der Waals surface area contributed by atoms with Crippen LogP contribution in [-0.2, 0) is 24.7 Å². The third kappa shape index (κ3) is 8.90. The van der Waals surface area contributed by atoms with Crippen LogP contribution in [0.3, 0.4) is 0 Å². The van der Waals surface area contributed by atoms with Gasteiger partial charge in [-0.3, -0.25) is 0 Å². The van der Waals surface area contributed by atoms with Gasteiger partial charge in [-0.05, 0) is 23.3 Å². The lowest BCUT2D eigenvalue weighted by Gasteiger charge is -2.22. The molecule has 0 spiro atoms. The van der Waals surface area contributed by atoms with Crippen molar-refractivity contribution < 1.29 is 52.7 Å². The van der Waals surface area contributed by atoms with Crippen LogP contribution in [-0.4, -0.2) is 16.1 Å². The molecule has 0 nitrogen and oxygen atoms in total. The van der Waals surface area contributed by atoms with E-state index in [1.54, 1.807) is 74.0 Å². The van der Waals surface area contributed by atoms with Gasteiger partial charge in [0.2, 0.25) is 0 Å². The minimum absolute atomic E-state index is 0.0640. The van der Waals surface area contributed by atoms with Crippen molar-refractivity contribution in [2.75, 3.05) is 0 Å². The van der Waals surface area contributed by atoms with E-state index in [2.05, 4.69) is 0 Å². The number of hydrogen-bond acceptors (Lipinski definition) is 0. The lowest BCUT2D eigenvalue weighted by atomic mass is 10.1. The fraction of sp³-hybridized carbons (Fsp3) is 0.267. The SMILES string of the molecule is C[Si](C)(/C=C\c1ccc(/C=C\[Si](C)(C)c2cc(C(F)(F)F)cc(C(F)(F)F)c2)cc1)c1cc(C(F)(F)F)cc(C(F)(F)F)c1. The van der Waals surface area contributed by atoms with Gasteiger partial charge in [-0.15, -0.1) is 0 Å². The van der Waals surface area contributed by atoms with Crippen LogP contribution in [0.25, 0.3) is 12.2 Å². The molecule has 0 unspecified atom stereocenters. The highest BCUT2D eigenvalue weighted by Crippen LogP contribution is 2.37. The molecule has 44 heavy (non-hydrogen) atoms. The van der Waals surface area contributed by atoms with Gasteiger partial charge >= 0.3 is 24.7 Å². The summed E-state index contributed by atoms with van der Waals surface area (Å²) in [7, 11) is -5.92. The predicted octanol–water partition coefficient (Wildman–Crippen LogP) is 10.1. The van der Waals surface area contributed by atoms with Crippen LogP contribution in [0.15, 0.2) is 72.1 Å². The maximum atomic E-state index is 13.3. The highest BCUT2D eigenvalue weighted by Gasteiger charge is 2.40. The molecule has 0 aliphatic rings. The molecule has 0 atom stereocenters. The molecule has 0 aromatic heterocycles. The first-order valence-electron chi connectivity index (χ1n) is 12.9. The Hall–Kier alpha value is -3.27. The summed E-state index contributed by atoms with van der Waals surface area (Å²) in [6.45, 7) is 6.39. The normalized spacial score (nSPS) is 14.2. The average Bonchev–Trinajstić information content (AvgIpc) is 2.89. The summed E-state index contributed by atoms with van der Waals surface area (Å²) in [6, 6.07) is 9.56. The quantitative estimate of drug-likeness (QED) is 0.181. The van der Waals surface area contributed by atoms with Crippen molar-refractivity contribution in [2.24, 2.45) is 0 Å². The lowest BCUT2D eigenvalue weighted by molar-refractivity contribution is -0.144. The van der Waals surface area contributed by atoms with Crippen LogP contribution in [0.4, 0.5) is 52.7 Å². The number of rotatable bonds is 6. The van der Waals surface area contributed by atoms with E-state index in [-0.39, 0.29) is 22.5 Å².